The molecule has 4 radical (unpaired) electrons. The van der Waals surface area contributed by atoms with Crippen molar-refractivity contribution in [2.24, 2.45) is 0 Å². The maximum atomic E-state index is 8.19. The smallest absolute Gasteiger partial charge is 0.0629 e. The Kier molecular flexibility index (Phi) is 26.7. The maximum absolute atomic E-state index is 8.19. The molecule has 0 aliphatic rings. The van der Waals surface area contributed by atoms with Crippen LogP contribution in [0.5, 0.6) is 0 Å². The Morgan fingerprint density at radius 3 is 1.33 bits per heavy atom. The van der Waals surface area contributed by atoms with Gasteiger partial charge in [-0.05, 0) is 106 Å². The van der Waals surface area contributed by atoms with Gasteiger partial charge in [0.2, 0.25) is 0 Å². The quantitative estimate of drug-likeness (QED) is 0.135. The van der Waals surface area contributed by atoms with Gasteiger partial charge in [-0.15, -0.1) is 166 Å². The van der Waals surface area contributed by atoms with Gasteiger partial charge in [0.25, 0.3) is 0 Å². The summed E-state index contributed by atoms with van der Waals surface area (Å²) in [6, 6.07) is 103. The van der Waals surface area contributed by atoms with Crippen molar-refractivity contribution in [1.29, 1.82) is 0 Å². The number of hydrogen-bond donors (Lipinski definition) is 0. The molecule has 15 rings (SSSR count). The van der Waals surface area contributed by atoms with E-state index in [4.69, 9.17) is 6.85 Å². The third-order valence-corrected chi connectivity index (χ3v) is 15.1. The second-order valence-electron chi connectivity index (χ2n) is 21.4. The molecular weight excluding hydrogens is 1880 g/mol. The number of pyridine rings is 5. The minimum absolute atomic E-state index is 0. The van der Waals surface area contributed by atoms with E-state index in [1.165, 1.54) is 50.1 Å². The van der Waals surface area contributed by atoms with Crippen molar-refractivity contribution in [3.8, 4) is 101 Å². The molecule has 0 atom stereocenters. The molecule has 15 aromatic rings. The zero-order chi connectivity index (χ0) is 67.5. The molecule has 0 aliphatic heterocycles. The average molecular weight is 1960 g/mol. The van der Waals surface area contributed by atoms with Crippen LogP contribution in [0.25, 0.3) is 112 Å². The van der Waals surface area contributed by atoms with E-state index in [0.717, 1.165) is 72.6 Å². The van der Waals surface area contributed by atoms with E-state index in [1.54, 1.807) is 12.4 Å². The molecule has 0 amide bonds. The van der Waals surface area contributed by atoms with Crippen molar-refractivity contribution in [2.75, 3.05) is 0 Å². The Bertz CT molecular complexity index is 4900. The van der Waals surface area contributed by atoms with E-state index in [2.05, 4.69) is 167 Å². The molecule has 0 spiro atoms. The van der Waals surface area contributed by atoms with Gasteiger partial charge >= 0.3 is 0 Å². The topological polar surface area (TPSA) is 64.5 Å². The Hall–Kier alpha value is -9.19. The van der Waals surface area contributed by atoms with Crippen LogP contribution in [0, 0.1) is 58.0 Å². The molecule has 0 bridgehead atoms. The SMILES string of the molecule is Cc1cc(-c2[c-]cccc2)ncc1-c1ccccc1.Cc1cc(-c2ccccn2)[c-]cc1-c1ccccc1.Cc1ccccc1-c1ccnc(-c2[c-]cccc2)c1.[2H]c1c([2H])c([2H])c(-c2cnc(-c3[c-]ccc4ccccc34)cc2C)c([2H])c1[2H].[Ir].[Ir].[Ir].[Ir].[c-]1ccccc1-c1ccccn1. The molecule has 0 unspecified atom stereocenters. The normalized spacial score (nSPS) is 10.7. The molecule has 5 heterocycles. The zero-order valence-electron chi connectivity index (χ0n) is 57.9. The molecule has 10 aromatic carbocycles. The molecule has 5 aromatic heterocycles. The predicted molar refractivity (Wildman–Crippen MR) is 381 cm³/mol. The molecular formula is C87H66Ir4N5-5. The van der Waals surface area contributed by atoms with E-state index in [1.807, 2.05) is 201 Å². The number of nitrogens with zero attached hydrogens (tertiary/aromatic N) is 5. The van der Waals surface area contributed by atoms with Crippen molar-refractivity contribution in [2.45, 2.75) is 27.7 Å². The monoisotopic (exact) mass is 1960 g/mol. The van der Waals surface area contributed by atoms with Crippen LogP contribution in [0.2, 0.25) is 0 Å². The third kappa shape index (κ3) is 20.2. The molecule has 9 heteroatoms. The molecule has 0 fully saturated rings. The molecule has 480 valence electrons. The summed E-state index contributed by atoms with van der Waals surface area (Å²) in [6.45, 7) is 8.23. The Labute approximate surface area is 626 Å². The second kappa shape index (κ2) is 38.4. The number of rotatable bonds is 9. The van der Waals surface area contributed by atoms with Crippen molar-refractivity contribution in [3.05, 3.63) is 381 Å². The van der Waals surface area contributed by atoms with Gasteiger partial charge in [0.1, 0.15) is 0 Å². The van der Waals surface area contributed by atoms with Crippen molar-refractivity contribution < 1.29 is 87.3 Å². The van der Waals surface area contributed by atoms with Crippen LogP contribution in [0.1, 0.15) is 29.1 Å². The summed E-state index contributed by atoms with van der Waals surface area (Å²) in [5, 5.41) is 2.12. The number of fused-ring (bicyclic) bond motifs is 1. The summed E-state index contributed by atoms with van der Waals surface area (Å²) >= 11 is 0. The Balaban J connectivity index is 0.000000179. The molecule has 0 saturated heterocycles. The Morgan fingerprint density at radius 2 is 0.771 bits per heavy atom. The van der Waals surface area contributed by atoms with Gasteiger partial charge in [-0.2, -0.15) is 0 Å². The van der Waals surface area contributed by atoms with Gasteiger partial charge < -0.3 is 24.9 Å². The van der Waals surface area contributed by atoms with Gasteiger partial charge in [-0.3, -0.25) is 0 Å². The van der Waals surface area contributed by atoms with Crippen molar-refractivity contribution in [3.63, 3.8) is 0 Å². The van der Waals surface area contributed by atoms with Gasteiger partial charge in [0.15, 0.2) is 0 Å². The standard InChI is InChI=1S/C22H16N.3C18H14N.C11H8N.4Ir/c1-16-14-22(23-15-21(16)18-8-3-2-4-9-18)20-13-7-11-17-10-5-6-12-19(17)20;1-14-12-18(16-10-6-3-7-11-16)19-13-17(14)15-8-4-2-5-9-15;1-14-7-5-6-10-17(14)16-11-12-19-18(13-16)15-8-3-2-4-9-15;1-14-13-16(18-9-5-6-12-19-18)10-11-17(14)15-7-3-2-4-8-15;1-2-6-10(7-3-1)11-8-4-5-9-12-11;;;;/h2-12,14-15H,1H3;2-10,12-13H,1H3;2-8,10-13H,1H3;2-9,11-13H,1H3;1-6,8-9H;;;;/q5*-1;;;;/i2D,3D,4D,8D,9D;;;;;;;;. The predicted octanol–water partition coefficient (Wildman–Crippen LogP) is 21.8. The van der Waals surface area contributed by atoms with E-state index in [9.17, 15) is 0 Å². The van der Waals surface area contributed by atoms with E-state index < -0.39 is 6.04 Å². The van der Waals surface area contributed by atoms with Crippen LogP contribution in [-0.2, 0) is 80.4 Å². The first-order valence-corrected chi connectivity index (χ1v) is 30.2. The van der Waals surface area contributed by atoms with Gasteiger partial charge in [0.05, 0.1) is 6.85 Å². The van der Waals surface area contributed by atoms with Crippen LogP contribution in [0.4, 0.5) is 0 Å². The fraction of sp³-hybridized carbons (Fsp3) is 0.0460. The molecule has 0 N–H and O–H groups in total. The zero-order valence-corrected chi connectivity index (χ0v) is 62.4. The molecule has 0 saturated carbocycles. The fourth-order valence-corrected chi connectivity index (χ4v) is 10.4. The number of aromatic nitrogens is 5. The van der Waals surface area contributed by atoms with Crippen molar-refractivity contribution in [1.82, 2.24) is 24.9 Å². The van der Waals surface area contributed by atoms with E-state index >= 15 is 0 Å². The van der Waals surface area contributed by atoms with Gasteiger partial charge in [0, 0.05) is 123 Å². The molecule has 0 aliphatic carbocycles. The summed E-state index contributed by atoms with van der Waals surface area (Å²) in [6.07, 6.45) is 8.98. The first-order chi connectivity index (χ1) is 47.4. The summed E-state index contributed by atoms with van der Waals surface area (Å²) < 4.78 is 39.9. The number of aryl methyl sites for hydroxylation is 4. The van der Waals surface area contributed by atoms with Crippen LogP contribution < -0.4 is 0 Å². The summed E-state index contributed by atoms with van der Waals surface area (Å²) in [7, 11) is 0. The van der Waals surface area contributed by atoms with Crippen LogP contribution >= 0.6 is 0 Å². The summed E-state index contributed by atoms with van der Waals surface area (Å²) in [5.74, 6) is 0. The van der Waals surface area contributed by atoms with Crippen LogP contribution in [0.3, 0.4) is 0 Å². The average Bonchev–Trinajstić information content (AvgIpc) is 0.767. The first-order valence-electron chi connectivity index (χ1n) is 32.7. The maximum Gasteiger partial charge on any atom is 0.0629 e. The minimum atomic E-state index is -0.397. The number of hydrogen-bond acceptors (Lipinski definition) is 5. The van der Waals surface area contributed by atoms with Crippen LogP contribution in [0.15, 0.2) is 328 Å². The Morgan fingerprint density at radius 1 is 0.292 bits per heavy atom. The fourth-order valence-electron chi connectivity index (χ4n) is 10.4. The van der Waals surface area contributed by atoms with Gasteiger partial charge in [-0.25, -0.2) is 0 Å². The molecule has 96 heavy (non-hydrogen) atoms. The first kappa shape index (κ1) is 66.8. The summed E-state index contributed by atoms with van der Waals surface area (Å²) in [4.78, 5) is 22.1. The third-order valence-electron chi connectivity index (χ3n) is 15.1. The second-order valence-corrected chi connectivity index (χ2v) is 21.4. The van der Waals surface area contributed by atoms with Gasteiger partial charge in [-0.1, -0.05) is 205 Å². The summed E-state index contributed by atoms with van der Waals surface area (Å²) in [5.41, 5.74) is 22.1. The molecule has 5 nitrogen and oxygen atoms in total. The van der Waals surface area contributed by atoms with Crippen LogP contribution in [-0.4, -0.2) is 24.9 Å². The minimum Gasteiger partial charge on any atom is -0.305 e. The van der Waals surface area contributed by atoms with Crippen molar-refractivity contribution >= 4 is 10.8 Å². The number of benzene rings is 10. The van der Waals surface area contributed by atoms with E-state index in [0.29, 0.717) is 5.56 Å². The van der Waals surface area contributed by atoms with E-state index in [-0.39, 0.29) is 110 Å². The largest absolute Gasteiger partial charge is 0.305 e.